The van der Waals surface area contributed by atoms with Gasteiger partial charge in [0.2, 0.25) is 6.36 Å². The maximum absolute atomic E-state index is 18.3. The number of rotatable bonds is 33. The van der Waals surface area contributed by atoms with Gasteiger partial charge in [0.25, 0.3) is 0 Å². The zero-order chi connectivity index (χ0) is 82.4. The molecule has 7 rings (SSSR count). The van der Waals surface area contributed by atoms with E-state index in [1.165, 1.54) is 0 Å². The predicted octanol–water partition coefficient (Wildman–Crippen LogP) is 1.49. The molecular weight excluding hydrogens is 1510 g/mol. The van der Waals surface area contributed by atoms with Gasteiger partial charge < -0.3 is 118 Å². The fraction of sp³-hybridized carbons (Fsp3) is 0.639. The van der Waals surface area contributed by atoms with Crippen molar-refractivity contribution >= 4 is 83.6 Å². The Hall–Kier alpha value is -9.49. The van der Waals surface area contributed by atoms with Crippen molar-refractivity contribution in [3.63, 3.8) is 0 Å². The van der Waals surface area contributed by atoms with E-state index in [1.807, 2.05) is 0 Å². The lowest BCUT2D eigenvalue weighted by Gasteiger charge is -2.51. The van der Waals surface area contributed by atoms with Gasteiger partial charge in [0.1, 0.15) is 75.3 Å². The van der Waals surface area contributed by atoms with Crippen molar-refractivity contribution in [2.45, 2.75) is 264 Å². The minimum atomic E-state index is -2.73. The predicted molar refractivity (Wildman–Crippen MR) is 357 cm³/mol. The SMILES string of the molecule is CC(=O)OC[C@H]1O[C@H](O[C@@H]2[C@@H](OC[C@H]3O[C@H](F)[C@@H](OCc4ccccc4)[C@@H](O[C@H]4O[C@H](COC(C)=O)[C@@H](OC(C)=O)[C@H](OC(C)=O)[C@@H]4O[C@H]4O[C@H](COC(C)=O)[C@@H](OC(C)=O)[C@H](OC(C)=O)[C@@H]4OC(C)=O)[C@@H]3OCc3ccccc3)O[C@H](COC(C)=O)[C@@H](OC(C)=O)[C@@H]2OC(C)=O)[C@@H](OC(C)=O)[C@@H](OC(C)=O)[C@@H]1OC(C)=O. The average Bonchev–Trinajstić information content (AvgIpc) is 0.763. The molecule has 112 heavy (non-hydrogen) atoms. The van der Waals surface area contributed by atoms with Crippen LogP contribution < -0.4 is 0 Å². The molecule has 5 saturated heterocycles. The molecule has 5 fully saturated rings. The van der Waals surface area contributed by atoms with Crippen molar-refractivity contribution in [1.29, 1.82) is 0 Å². The lowest BCUT2D eigenvalue weighted by molar-refractivity contribution is -0.392. The summed E-state index contributed by atoms with van der Waals surface area (Å²) in [5, 5.41) is 0. The van der Waals surface area contributed by atoms with Crippen LogP contribution in [0, 0.1) is 0 Å². The molecule has 0 bridgehead atoms. The van der Waals surface area contributed by atoms with E-state index in [-0.39, 0.29) is 0 Å². The Morgan fingerprint density at radius 1 is 0.250 bits per heavy atom. The van der Waals surface area contributed by atoms with Gasteiger partial charge in [-0.2, -0.15) is 0 Å². The number of carbonyl (C=O) groups excluding carboxylic acids is 14. The second kappa shape index (κ2) is 42.4. The Morgan fingerprint density at radius 3 is 0.795 bits per heavy atom. The summed E-state index contributed by atoms with van der Waals surface area (Å²) in [4.78, 5) is 182. The van der Waals surface area contributed by atoms with E-state index in [9.17, 15) is 67.1 Å². The van der Waals surface area contributed by atoms with Gasteiger partial charge in [0.05, 0.1) is 19.8 Å². The molecule has 0 N–H and O–H groups in total. The summed E-state index contributed by atoms with van der Waals surface area (Å²) in [6.45, 7) is 8.18. The minimum absolute atomic E-state index is 0.423. The summed E-state index contributed by atoms with van der Waals surface area (Å²) in [5.74, 6) is -14.5. The number of carbonyl (C=O) groups is 14. The first-order chi connectivity index (χ1) is 53.0. The third kappa shape index (κ3) is 26.6. The number of esters is 14. The van der Waals surface area contributed by atoms with Gasteiger partial charge in [-0.3, -0.25) is 67.1 Å². The molecule has 0 aliphatic carbocycles. The van der Waals surface area contributed by atoms with Crippen LogP contribution in [0.25, 0.3) is 0 Å². The Labute approximate surface area is 640 Å². The fourth-order valence-corrected chi connectivity index (χ4v) is 12.6. The largest absolute Gasteiger partial charge is 0.463 e. The summed E-state index contributed by atoms with van der Waals surface area (Å²) in [7, 11) is 0. The molecule has 0 saturated carbocycles. The number of hydrogen-bond acceptors (Lipinski definition) is 39. The fourth-order valence-electron chi connectivity index (χ4n) is 12.6. The summed E-state index contributed by atoms with van der Waals surface area (Å²) in [5.41, 5.74) is 0.849. The van der Waals surface area contributed by atoms with Crippen molar-refractivity contribution in [3.05, 3.63) is 71.8 Å². The van der Waals surface area contributed by atoms with Gasteiger partial charge in [0.15, 0.2) is 98.4 Å². The van der Waals surface area contributed by atoms with Crippen molar-refractivity contribution in [1.82, 2.24) is 0 Å². The lowest BCUT2D eigenvalue weighted by atomic mass is 9.95. The molecule has 0 spiro atoms. The zero-order valence-electron chi connectivity index (χ0n) is 63.5. The van der Waals surface area contributed by atoms with Crippen LogP contribution in [0.3, 0.4) is 0 Å². The topological polar surface area (TPSA) is 470 Å². The van der Waals surface area contributed by atoms with Gasteiger partial charge >= 0.3 is 83.6 Å². The standard InChI is InChI=1S/C72H91FO39/c1-32(74)88-27-49-54(95-36(5)78)59(99-40(9)82)64(111-70-65(103-44(13)86)60(100-41(10)83)55(96-37(6)79)50(107-70)28-89-33(2)75)69(106-49)94-31-48-53(92-25-46-21-17-15-18-22-46)58(63(68(73)105-48)93-26-47-23-19-16-20-24-47)110-72-67(62(102-43(12)85)57(98-39(8)81)52(109-72)30-91-35(4)77)112-71-66(104-45(14)87)61(101-42(11)84)56(97-38(7)80)51(108-71)29-90-34(3)76/h15-24,48-72H,25-31H2,1-14H3/t48-,49-,50-,51-,52-,53-,54-,55-,56-,57-,58+,59+,60+,61+,62+,63+,64+,65+,66+,67+,68+,69+,70-,71-,72-/m1/s1. The molecule has 5 aliphatic heterocycles. The third-order valence-corrected chi connectivity index (χ3v) is 16.6. The Balaban J connectivity index is 1.46. The number of benzene rings is 2. The minimum Gasteiger partial charge on any atom is -0.463 e. The molecule has 25 atom stereocenters. The molecule has 5 aliphatic rings. The molecule has 40 heteroatoms. The van der Waals surface area contributed by atoms with E-state index in [1.54, 1.807) is 60.7 Å². The van der Waals surface area contributed by atoms with Crippen LogP contribution in [0.1, 0.15) is 108 Å². The molecule has 0 unspecified atom stereocenters. The quantitative estimate of drug-likeness (QED) is 0.0721. The van der Waals surface area contributed by atoms with E-state index in [0.29, 0.717) is 11.1 Å². The highest BCUT2D eigenvalue weighted by Gasteiger charge is 2.62. The smallest absolute Gasteiger partial charge is 0.303 e. The van der Waals surface area contributed by atoms with Crippen LogP contribution in [-0.4, -0.2) is 270 Å². The van der Waals surface area contributed by atoms with Gasteiger partial charge in [-0.1, -0.05) is 60.7 Å². The lowest BCUT2D eigenvalue weighted by Crippen LogP contribution is -2.69. The molecular formula is C72H91FO39. The van der Waals surface area contributed by atoms with Crippen molar-refractivity contribution < 1.29 is 190 Å². The second-order valence-electron chi connectivity index (χ2n) is 25.8. The van der Waals surface area contributed by atoms with Crippen molar-refractivity contribution in [2.24, 2.45) is 0 Å². The first-order valence-electron chi connectivity index (χ1n) is 35.0. The maximum atomic E-state index is 18.3. The number of ether oxygens (including phenoxy) is 25. The number of halogens is 1. The number of alkyl halides is 1. The Bertz CT molecular complexity index is 3580. The van der Waals surface area contributed by atoms with Crippen LogP contribution in [0.5, 0.6) is 0 Å². The first kappa shape index (κ1) is 89.7. The summed E-state index contributed by atoms with van der Waals surface area (Å²) < 4.78 is 169. The monoisotopic (exact) mass is 1600 g/mol. The Morgan fingerprint density at radius 2 is 0.491 bits per heavy atom. The average molecular weight is 1600 g/mol. The van der Waals surface area contributed by atoms with Crippen LogP contribution in [0.15, 0.2) is 60.7 Å². The van der Waals surface area contributed by atoms with Gasteiger partial charge in [0, 0.05) is 96.9 Å². The van der Waals surface area contributed by atoms with Crippen LogP contribution >= 0.6 is 0 Å². The van der Waals surface area contributed by atoms with Crippen LogP contribution in [-0.2, 0) is 199 Å². The molecule has 2 aromatic carbocycles. The molecule has 620 valence electrons. The third-order valence-electron chi connectivity index (χ3n) is 16.6. The molecule has 2 aromatic rings. The molecule has 39 nitrogen and oxygen atoms in total. The molecule has 0 aromatic heterocycles. The highest BCUT2D eigenvalue weighted by Crippen LogP contribution is 2.41. The summed E-state index contributed by atoms with van der Waals surface area (Å²) >= 11 is 0. The Kier molecular flexibility index (Phi) is 34.0. The van der Waals surface area contributed by atoms with E-state index >= 15 is 4.39 Å². The van der Waals surface area contributed by atoms with Crippen LogP contribution in [0.2, 0.25) is 0 Å². The first-order valence-corrected chi connectivity index (χ1v) is 35.0. The van der Waals surface area contributed by atoms with Crippen molar-refractivity contribution in [3.8, 4) is 0 Å². The van der Waals surface area contributed by atoms with E-state index in [2.05, 4.69) is 0 Å². The van der Waals surface area contributed by atoms with E-state index in [4.69, 9.17) is 118 Å². The highest BCUT2D eigenvalue weighted by atomic mass is 19.1. The molecule has 0 amide bonds. The molecule has 5 heterocycles. The van der Waals surface area contributed by atoms with E-state index < -0.39 is 283 Å². The van der Waals surface area contributed by atoms with Gasteiger partial charge in [-0.15, -0.1) is 0 Å². The summed E-state index contributed by atoms with van der Waals surface area (Å²) in [6.07, 6.45) is -50.3. The molecule has 0 radical (unpaired) electrons. The van der Waals surface area contributed by atoms with E-state index in [0.717, 1.165) is 96.9 Å². The number of hydrogen-bond donors (Lipinski definition) is 0. The highest BCUT2D eigenvalue weighted by molar-refractivity contribution is 5.72. The zero-order valence-corrected chi connectivity index (χ0v) is 63.5. The maximum Gasteiger partial charge on any atom is 0.303 e. The normalized spacial score (nSPS) is 31.5. The van der Waals surface area contributed by atoms with Gasteiger partial charge in [-0.05, 0) is 11.1 Å². The summed E-state index contributed by atoms with van der Waals surface area (Å²) in [6, 6.07) is 16.4. The van der Waals surface area contributed by atoms with Crippen LogP contribution in [0.4, 0.5) is 4.39 Å². The second-order valence-corrected chi connectivity index (χ2v) is 25.8. The van der Waals surface area contributed by atoms with Gasteiger partial charge in [-0.25, -0.2) is 4.39 Å². The van der Waals surface area contributed by atoms with Crippen molar-refractivity contribution in [2.75, 3.05) is 33.0 Å².